The van der Waals surface area contributed by atoms with Crippen molar-refractivity contribution in [3.63, 3.8) is 0 Å². The summed E-state index contributed by atoms with van der Waals surface area (Å²) in [6.07, 6.45) is 8.46. The smallest absolute Gasteiger partial charge is 0.152 e. The topological polar surface area (TPSA) is 95.9 Å². The molecule has 2 aromatic heterocycles. The molecule has 3 aromatic carbocycles. The number of benzene rings is 3. The number of nitrogens with zero attached hydrogens (tertiary/aromatic N) is 3. The van der Waals surface area contributed by atoms with E-state index in [1.165, 1.54) is 6.26 Å². The molecular weight excluding hydrogens is 514 g/mol. The molecule has 0 saturated carbocycles. The summed E-state index contributed by atoms with van der Waals surface area (Å²) in [7, 11) is -3.16. The molecule has 0 aliphatic carbocycles. The van der Waals surface area contributed by atoms with Crippen LogP contribution in [0.15, 0.2) is 96.3 Å². The molecule has 0 amide bonds. The van der Waals surface area contributed by atoms with Crippen molar-refractivity contribution >= 4 is 31.9 Å². The van der Waals surface area contributed by atoms with Gasteiger partial charge in [0.2, 0.25) is 0 Å². The first-order valence-corrected chi connectivity index (χ1v) is 15.6. The quantitative estimate of drug-likeness (QED) is 0.244. The molecule has 0 radical (unpaired) electrons. The largest absolute Gasteiger partial charge is 0.612 e. The van der Waals surface area contributed by atoms with Gasteiger partial charge < -0.3 is 4.55 Å². The lowest BCUT2D eigenvalue weighted by molar-refractivity contribution is 0.588. The highest BCUT2D eigenvalue weighted by atomic mass is 32.2. The fourth-order valence-electron chi connectivity index (χ4n) is 4.47. The number of hydrogen-bond acceptors (Lipinski definition) is 6. The van der Waals surface area contributed by atoms with Crippen molar-refractivity contribution in [2.24, 2.45) is 0 Å². The average Bonchev–Trinajstić information content (AvgIpc) is 2.92. The molecule has 0 saturated heterocycles. The second-order valence-corrected chi connectivity index (χ2v) is 13.2. The molecular formula is C30H27N3O3S2. The van der Waals surface area contributed by atoms with Gasteiger partial charge in [-0.15, -0.1) is 0 Å². The van der Waals surface area contributed by atoms with E-state index in [-0.39, 0.29) is 0 Å². The molecule has 0 aliphatic rings. The maximum absolute atomic E-state index is 12.1. The number of hydrogen-bond donors (Lipinski definition) is 0. The Hall–Kier alpha value is -3.59. The highest BCUT2D eigenvalue weighted by molar-refractivity contribution is 7.91. The van der Waals surface area contributed by atoms with Crippen LogP contribution in [0.4, 0.5) is 0 Å². The molecule has 5 aromatic rings. The zero-order valence-corrected chi connectivity index (χ0v) is 23.0. The van der Waals surface area contributed by atoms with Crippen molar-refractivity contribution in [2.75, 3.05) is 12.5 Å². The number of fused-ring (bicyclic) bond motifs is 1. The molecule has 0 fully saturated rings. The molecule has 2 atom stereocenters. The Morgan fingerprint density at radius 3 is 2.18 bits per heavy atom. The van der Waals surface area contributed by atoms with Crippen LogP contribution in [0.3, 0.4) is 0 Å². The Kier molecular flexibility index (Phi) is 7.29. The normalized spacial score (nSPS) is 13.4. The van der Waals surface area contributed by atoms with Crippen LogP contribution in [-0.4, -0.2) is 45.7 Å². The summed E-state index contributed by atoms with van der Waals surface area (Å²) in [6, 6.07) is 23.5. The van der Waals surface area contributed by atoms with E-state index in [4.69, 9.17) is 0 Å². The minimum absolute atomic E-state index is 0.420. The molecule has 2 heterocycles. The monoisotopic (exact) mass is 541 g/mol. The lowest BCUT2D eigenvalue weighted by atomic mass is 9.95. The third-order valence-electron chi connectivity index (χ3n) is 6.62. The molecule has 38 heavy (non-hydrogen) atoms. The standard InChI is InChI=1S/C30H27N3O3S2/c1-20(38(3,35)36)16-21-17-24-8-5-13-31-28(24)27(18-21)23-6-4-7-25(19-23)30-29(32-14-15-33-30)22-9-11-26(12-10-22)37(2)34/h4-15,17-20H,16H2,1-3H3. The maximum atomic E-state index is 12.1. The third-order valence-corrected chi connectivity index (χ3v) is 9.19. The van der Waals surface area contributed by atoms with Crippen LogP contribution in [-0.2, 0) is 27.4 Å². The van der Waals surface area contributed by atoms with Gasteiger partial charge in [0.25, 0.3) is 0 Å². The van der Waals surface area contributed by atoms with E-state index in [2.05, 4.69) is 21.0 Å². The first-order chi connectivity index (χ1) is 18.2. The SMILES string of the molecule is CC(Cc1cc(-c2cccc(-c3nccnc3-c3ccc([S+](C)[O-])cc3)c2)c2ncccc2c1)S(C)(=O)=O. The van der Waals surface area contributed by atoms with E-state index >= 15 is 0 Å². The molecule has 5 rings (SSSR count). The maximum Gasteiger partial charge on any atom is 0.152 e. The number of aromatic nitrogens is 3. The van der Waals surface area contributed by atoms with Gasteiger partial charge in [0.05, 0.1) is 22.2 Å². The van der Waals surface area contributed by atoms with E-state index in [0.29, 0.717) is 6.42 Å². The van der Waals surface area contributed by atoms with E-state index in [1.54, 1.807) is 31.8 Å². The zero-order chi connectivity index (χ0) is 26.9. The summed E-state index contributed by atoms with van der Waals surface area (Å²) in [4.78, 5) is 14.7. The van der Waals surface area contributed by atoms with Gasteiger partial charge in [-0.05, 0) is 84.2 Å². The van der Waals surface area contributed by atoms with Crippen LogP contribution in [0.2, 0.25) is 0 Å². The van der Waals surface area contributed by atoms with E-state index < -0.39 is 26.3 Å². The molecule has 0 spiro atoms. The van der Waals surface area contributed by atoms with Gasteiger partial charge in [0, 0.05) is 46.9 Å². The number of pyridine rings is 1. The van der Waals surface area contributed by atoms with Crippen LogP contribution in [0.25, 0.3) is 44.5 Å². The van der Waals surface area contributed by atoms with Crippen LogP contribution in [0.1, 0.15) is 12.5 Å². The van der Waals surface area contributed by atoms with Crippen LogP contribution >= 0.6 is 0 Å². The van der Waals surface area contributed by atoms with Gasteiger partial charge in [-0.25, -0.2) is 8.42 Å². The van der Waals surface area contributed by atoms with Gasteiger partial charge in [0.1, 0.15) is 16.1 Å². The van der Waals surface area contributed by atoms with Crippen molar-refractivity contribution in [2.45, 2.75) is 23.5 Å². The van der Waals surface area contributed by atoms with Crippen molar-refractivity contribution in [3.8, 4) is 33.6 Å². The summed E-state index contributed by atoms with van der Waals surface area (Å²) < 4.78 is 36.1. The predicted octanol–water partition coefficient (Wildman–Crippen LogP) is 5.74. The lowest BCUT2D eigenvalue weighted by Crippen LogP contribution is -2.18. The Morgan fingerprint density at radius 1 is 0.816 bits per heavy atom. The van der Waals surface area contributed by atoms with Crippen molar-refractivity contribution in [1.82, 2.24) is 15.0 Å². The van der Waals surface area contributed by atoms with Gasteiger partial charge in [-0.3, -0.25) is 15.0 Å². The third kappa shape index (κ3) is 5.48. The molecule has 6 nitrogen and oxygen atoms in total. The minimum atomic E-state index is -3.16. The molecule has 0 bridgehead atoms. The molecule has 8 heteroatoms. The van der Waals surface area contributed by atoms with Crippen LogP contribution < -0.4 is 0 Å². The van der Waals surface area contributed by atoms with Crippen LogP contribution in [0, 0.1) is 0 Å². The summed E-state index contributed by atoms with van der Waals surface area (Å²) >= 11 is -1.06. The summed E-state index contributed by atoms with van der Waals surface area (Å²) in [6.45, 7) is 1.74. The van der Waals surface area contributed by atoms with Gasteiger partial charge in [-0.2, -0.15) is 0 Å². The first-order valence-electron chi connectivity index (χ1n) is 12.1. The zero-order valence-electron chi connectivity index (χ0n) is 21.3. The predicted molar refractivity (Wildman–Crippen MR) is 154 cm³/mol. The average molecular weight is 542 g/mol. The van der Waals surface area contributed by atoms with Crippen LogP contribution in [0.5, 0.6) is 0 Å². The van der Waals surface area contributed by atoms with E-state index in [1.807, 2.05) is 66.7 Å². The van der Waals surface area contributed by atoms with E-state index in [9.17, 15) is 13.0 Å². The summed E-state index contributed by atoms with van der Waals surface area (Å²) in [5.74, 6) is 0. The van der Waals surface area contributed by atoms with Gasteiger partial charge in [-0.1, -0.05) is 24.3 Å². The molecule has 2 unspecified atom stereocenters. The van der Waals surface area contributed by atoms with Gasteiger partial charge in [0.15, 0.2) is 4.90 Å². The van der Waals surface area contributed by atoms with Crippen molar-refractivity contribution in [1.29, 1.82) is 0 Å². The van der Waals surface area contributed by atoms with Crippen molar-refractivity contribution in [3.05, 3.63) is 97.0 Å². The highest BCUT2D eigenvalue weighted by Gasteiger charge is 2.18. The summed E-state index contributed by atoms with van der Waals surface area (Å²) in [5.41, 5.74) is 6.93. The summed E-state index contributed by atoms with van der Waals surface area (Å²) in [5, 5.41) is 0.467. The fraction of sp³-hybridized carbons (Fsp3) is 0.167. The van der Waals surface area contributed by atoms with Crippen molar-refractivity contribution < 1.29 is 13.0 Å². The number of sulfone groups is 1. The Balaban J connectivity index is 1.61. The molecule has 0 N–H and O–H groups in total. The first kappa shape index (κ1) is 26.0. The van der Waals surface area contributed by atoms with Gasteiger partial charge >= 0.3 is 0 Å². The lowest BCUT2D eigenvalue weighted by Gasteiger charge is -2.14. The fourth-order valence-corrected chi connectivity index (χ4v) is 5.49. The molecule has 192 valence electrons. The second-order valence-electron chi connectivity index (χ2n) is 9.38. The minimum Gasteiger partial charge on any atom is -0.612 e. The highest BCUT2D eigenvalue weighted by Crippen LogP contribution is 2.34. The Morgan fingerprint density at radius 2 is 1.50 bits per heavy atom. The molecule has 0 aliphatic heterocycles. The van der Waals surface area contributed by atoms with E-state index in [0.717, 1.165) is 55.0 Å². The second kappa shape index (κ2) is 10.6. The number of rotatable bonds is 7. The Bertz CT molecular complexity index is 1720. The Labute approximate surface area is 225 Å².